The summed E-state index contributed by atoms with van der Waals surface area (Å²) in [5.74, 6) is -0.116. The van der Waals surface area contributed by atoms with E-state index in [0.717, 1.165) is 22.4 Å². The largest absolute Gasteiger partial charge is 0.338 e. The fraction of sp³-hybridized carbons (Fsp3) is 0.391. The molecule has 1 saturated heterocycles. The molecule has 6 nitrogen and oxygen atoms in total. The number of piperazine rings is 1. The maximum atomic E-state index is 13.0. The molecule has 170 valence electrons. The minimum absolute atomic E-state index is 0. The van der Waals surface area contributed by atoms with Crippen LogP contribution in [0.1, 0.15) is 23.6 Å². The first-order chi connectivity index (χ1) is 13.8. The van der Waals surface area contributed by atoms with Gasteiger partial charge in [-0.2, -0.15) is 0 Å². The van der Waals surface area contributed by atoms with Crippen molar-refractivity contribution in [3.8, 4) is 0 Å². The molecule has 3 rings (SSSR count). The Morgan fingerprint density at radius 2 is 1.58 bits per heavy atom. The number of nitrogens with zero attached hydrogens (tertiary/aromatic N) is 2. The summed E-state index contributed by atoms with van der Waals surface area (Å²) in [6.07, 6.45) is 0. The van der Waals surface area contributed by atoms with Gasteiger partial charge in [-0.05, 0) is 43.5 Å². The van der Waals surface area contributed by atoms with E-state index in [1.165, 1.54) is 0 Å². The first kappa shape index (κ1) is 26.9. The fourth-order valence-electron chi connectivity index (χ4n) is 3.62. The number of rotatable bonds is 5. The van der Waals surface area contributed by atoms with Gasteiger partial charge in [0.25, 0.3) is 0 Å². The van der Waals surface area contributed by atoms with Crippen LogP contribution in [0.3, 0.4) is 0 Å². The van der Waals surface area contributed by atoms with Crippen molar-refractivity contribution >= 4 is 42.3 Å². The van der Waals surface area contributed by atoms with E-state index in [2.05, 4.69) is 10.2 Å². The third-order valence-electron chi connectivity index (χ3n) is 5.72. The van der Waals surface area contributed by atoms with Gasteiger partial charge in [0.15, 0.2) is 0 Å². The maximum Gasteiger partial charge on any atom is 0.247 e. The predicted octanol–water partition coefficient (Wildman–Crippen LogP) is 3.10. The van der Waals surface area contributed by atoms with Gasteiger partial charge in [-0.15, -0.1) is 24.8 Å². The molecule has 2 aromatic rings. The second-order valence-electron chi connectivity index (χ2n) is 7.93. The standard InChI is InChI=1S/C23H30N4O2.2ClH/c1-17-8-7-11-20(18(17)2)25-21(28)16-26-12-14-27(15-13-26)22(29)23(3,24)19-9-5-4-6-10-19;;/h4-11H,12-16,24H2,1-3H3,(H,25,28);2*1H. The van der Waals surface area contributed by atoms with Gasteiger partial charge in [0.2, 0.25) is 11.8 Å². The highest BCUT2D eigenvalue weighted by molar-refractivity contribution is 5.93. The van der Waals surface area contributed by atoms with Crippen molar-refractivity contribution in [3.05, 3.63) is 65.2 Å². The number of carbonyl (C=O) groups excluding carboxylic acids is 2. The number of anilines is 1. The molecule has 3 N–H and O–H groups in total. The van der Waals surface area contributed by atoms with Crippen molar-refractivity contribution < 1.29 is 9.59 Å². The van der Waals surface area contributed by atoms with Crippen LogP contribution in [0, 0.1) is 13.8 Å². The third-order valence-corrected chi connectivity index (χ3v) is 5.72. The molecule has 0 spiro atoms. The van der Waals surface area contributed by atoms with Crippen LogP contribution in [0.5, 0.6) is 0 Å². The lowest BCUT2D eigenvalue weighted by molar-refractivity contribution is -0.138. The van der Waals surface area contributed by atoms with Crippen LogP contribution in [0.15, 0.2) is 48.5 Å². The van der Waals surface area contributed by atoms with Crippen molar-refractivity contribution in [2.24, 2.45) is 5.73 Å². The first-order valence-corrected chi connectivity index (χ1v) is 10.0. The second kappa shape index (κ2) is 11.5. The molecule has 0 aromatic heterocycles. The Morgan fingerprint density at radius 3 is 2.19 bits per heavy atom. The number of hydrogen-bond acceptors (Lipinski definition) is 4. The molecular weight excluding hydrogens is 435 g/mol. The summed E-state index contributed by atoms with van der Waals surface area (Å²) in [6.45, 7) is 8.54. The lowest BCUT2D eigenvalue weighted by atomic mass is 9.91. The molecule has 0 radical (unpaired) electrons. The first-order valence-electron chi connectivity index (χ1n) is 10.0. The summed E-state index contributed by atoms with van der Waals surface area (Å²) in [5, 5.41) is 3.00. The summed E-state index contributed by atoms with van der Waals surface area (Å²) in [4.78, 5) is 29.3. The lowest BCUT2D eigenvalue weighted by Crippen LogP contribution is -2.57. The van der Waals surface area contributed by atoms with E-state index in [-0.39, 0.29) is 36.6 Å². The average molecular weight is 467 g/mol. The summed E-state index contributed by atoms with van der Waals surface area (Å²) in [6, 6.07) is 15.3. The minimum atomic E-state index is -1.05. The zero-order chi connectivity index (χ0) is 21.0. The number of nitrogens with one attached hydrogen (secondary N) is 1. The smallest absolute Gasteiger partial charge is 0.247 e. The van der Waals surface area contributed by atoms with Crippen LogP contribution in [0.2, 0.25) is 0 Å². The summed E-state index contributed by atoms with van der Waals surface area (Å²) in [7, 11) is 0. The molecule has 0 bridgehead atoms. The van der Waals surface area contributed by atoms with Gasteiger partial charge in [-0.3, -0.25) is 14.5 Å². The Kier molecular flexibility index (Phi) is 9.97. The highest BCUT2D eigenvalue weighted by Crippen LogP contribution is 2.21. The van der Waals surface area contributed by atoms with Gasteiger partial charge in [-0.25, -0.2) is 0 Å². The number of amides is 2. The van der Waals surface area contributed by atoms with Crippen molar-refractivity contribution in [2.45, 2.75) is 26.3 Å². The number of halogens is 2. The van der Waals surface area contributed by atoms with E-state index in [1.54, 1.807) is 11.8 Å². The van der Waals surface area contributed by atoms with Gasteiger partial charge in [0, 0.05) is 31.9 Å². The number of hydrogen-bond donors (Lipinski definition) is 2. The Bertz CT molecular complexity index is 882. The molecule has 1 heterocycles. The van der Waals surface area contributed by atoms with Gasteiger partial charge < -0.3 is 16.0 Å². The Hall–Kier alpha value is -2.12. The monoisotopic (exact) mass is 466 g/mol. The van der Waals surface area contributed by atoms with Crippen LogP contribution in [-0.2, 0) is 15.1 Å². The van der Waals surface area contributed by atoms with Crippen molar-refractivity contribution in [1.82, 2.24) is 9.80 Å². The van der Waals surface area contributed by atoms with Crippen molar-refractivity contribution in [3.63, 3.8) is 0 Å². The van der Waals surface area contributed by atoms with Crippen molar-refractivity contribution in [2.75, 3.05) is 38.0 Å². The normalized spacial score (nSPS) is 15.8. The predicted molar refractivity (Wildman–Crippen MR) is 130 cm³/mol. The summed E-state index contributed by atoms with van der Waals surface area (Å²) < 4.78 is 0. The highest BCUT2D eigenvalue weighted by atomic mass is 35.5. The Morgan fingerprint density at radius 1 is 0.968 bits per heavy atom. The molecule has 0 saturated carbocycles. The van der Waals surface area contributed by atoms with Gasteiger partial charge in [-0.1, -0.05) is 42.5 Å². The molecule has 2 aromatic carbocycles. The summed E-state index contributed by atoms with van der Waals surface area (Å²) in [5.41, 5.74) is 9.21. The van der Waals surface area contributed by atoms with E-state index < -0.39 is 5.54 Å². The molecule has 2 amide bonds. The third kappa shape index (κ3) is 6.43. The molecule has 0 aliphatic carbocycles. The van der Waals surface area contributed by atoms with Gasteiger partial charge in [0.05, 0.1) is 6.54 Å². The molecule has 1 fully saturated rings. The average Bonchev–Trinajstić information content (AvgIpc) is 2.72. The quantitative estimate of drug-likeness (QED) is 0.709. The molecule has 1 unspecified atom stereocenters. The molecule has 1 atom stereocenters. The van der Waals surface area contributed by atoms with E-state index in [1.807, 2.05) is 62.4 Å². The zero-order valence-electron chi connectivity index (χ0n) is 18.3. The number of nitrogens with two attached hydrogens (primary N) is 1. The Balaban J connectivity index is 0.00000240. The van der Waals surface area contributed by atoms with E-state index in [9.17, 15) is 9.59 Å². The topological polar surface area (TPSA) is 78.7 Å². The van der Waals surface area contributed by atoms with E-state index >= 15 is 0 Å². The molecule has 31 heavy (non-hydrogen) atoms. The van der Waals surface area contributed by atoms with E-state index in [4.69, 9.17) is 5.73 Å². The van der Waals surface area contributed by atoms with E-state index in [0.29, 0.717) is 32.7 Å². The number of carbonyl (C=O) groups is 2. The zero-order valence-corrected chi connectivity index (χ0v) is 19.9. The van der Waals surface area contributed by atoms with Crippen LogP contribution in [0.4, 0.5) is 5.69 Å². The molecule has 1 aliphatic heterocycles. The number of benzene rings is 2. The van der Waals surface area contributed by atoms with Crippen LogP contribution < -0.4 is 11.1 Å². The fourth-order valence-corrected chi connectivity index (χ4v) is 3.62. The Labute approximate surface area is 197 Å². The highest BCUT2D eigenvalue weighted by Gasteiger charge is 2.35. The van der Waals surface area contributed by atoms with Gasteiger partial charge in [0.1, 0.15) is 5.54 Å². The second-order valence-corrected chi connectivity index (χ2v) is 7.93. The van der Waals surface area contributed by atoms with Crippen LogP contribution in [-0.4, -0.2) is 54.3 Å². The molecule has 1 aliphatic rings. The lowest BCUT2D eigenvalue weighted by Gasteiger charge is -2.38. The van der Waals surface area contributed by atoms with Crippen LogP contribution >= 0.6 is 24.8 Å². The van der Waals surface area contributed by atoms with Crippen LogP contribution in [0.25, 0.3) is 0 Å². The molecular formula is C23H32Cl2N4O2. The van der Waals surface area contributed by atoms with Crippen molar-refractivity contribution in [1.29, 1.82) is 0 Å². The minimum Gasteiger partial charge on any atom is -0.338 e. The number of aryl methyl sites for hydroxylation is 1. The SMILES string of the molecule is Cc1cccc(NC(=O)CN2CCN(C(=O)C(C)(N)c3ccccc3)CC2)c1C.Cl.Cl. The van der Waals surface area contributed by atoms with Gasteiger partial charge >= 0.3 is 0 Å². The maximum absolute atomic E-state index is 13.0. The molecule has 8 heteroatoms. The summed E-state index contributed by atoms with van der Waals surface area (Å²) >= 11 is 0.